The van der Waals surface area contributed by atoms with Gasteiger partial charge in [-0.2, -0.15) is 0 Å². The predicted molar refractivity (Wildman–Crippen MR) is 123 cm³/mol. The van der Waals surface area contributed by atoms with Crippen LogP contribution in [0.2, 0.25) is 0 Å². The third-order valence-electron chi connectivity index (χ3n) is 5.82. The first-order valence-corrected chi connectivity index (χ1v) is 11.5. The highest BCUT2D eigenvalue weighted by atomic mass is 32.2. The van der Waals surface area contributed by atoms with E-state index in [-0.39, 0.29) is 11.8 Å². The van der Waals surface area contributed by atoms with Crippen molar-refractivity contribution in [1.29, 1.82) is 0 Å². The van der Waals surface area contributed by atoms with Gasteiger partial charge < -0.3 is 15.1 Å². The molecule has 6 heteroatoms. The van der Waals surface area contributed by atoms with E-state index in [1.54, 1.807) is 11.8 Å². The summed E-state index contributed by atoms with van der Waals surface area (Å²) >= 11 is 1.60. The number of rotatable bonds is 6. The van der Waals surface area contributed by atoms with E-state index < -0.39 is 0 Å². The second-order valence-electron chi connectivity index (χ2n) is 8.16. The molecule has 1 fully saturated rings. The fraction of sp³-hybridized carbons (Fsp3) is 0.417. The van der Waals surface area contributed by atoms with E-state index in [0.29, 0.717) is 25.4 Å². The van der Waals surface area contributed by atoms with Crippen LogP contribution in [0.1, 0.15) is 22.3 Å². The van der Waals surface area contributed by atoms with Gasteiger partial charge in [0.1, 0.15) is 0 Å². The summed E-state index contributed by atoms with van der Waals surface area (Å²) in [4.78, 5) is 29.4. The molecule has 2 aromatic rings. The normalized spacial score (nSPS) is 14.6. The number of anilines is 1. The van der Waals surface area contributed by atoms with Gasteiger partial charge in [0.05, 0.1) is 31.9 Å². The van der Waals surface area contributed by atoms with Crippen LogP contribution in [0.25, 0.3) is 0 Å². The molecule has 0 unspecified atom stereocenters. The Morgan fingerprint density at radius 1 is 0.967 bits per heavy atom. The van der Waals surface area contributed by atoms with Crippen molar-refractivity contribution in [3.63, 3.8) is 0 Å². The van der Waals surface area contributed by atoms with Gasteiger partial charge in [-0.25, -0.2) is 0 Å². The number of para-hydroxylation sites is 1. The van der Waals surface area contributed by atoms with Crippen LogP contribution >= 0.6 is 11.8 Å². The molecule has 0 aliphatic carbocycles. The Kier molecular flexibility index (Phi) is 7.56. The van der Waals surface area contributed by atoms with Crippen LogP contribution in [0, 0.1) is 27.7 Å². The molecule has 0 radical (unpaired) electrons. The van der Waals surface area contributed by atoms with Gasteiger partial charge in [0.15, 0.2) is 6.54 Å². The number of hydrogen-bond acceptors (Lipinski definition) is 3. The van der Waals surface area contributed by atoms with Gasteiger partial charge in [0.2, 0.25) is 5.91 Å². The van der Waals surface area contributed by atoms with Gasteiger partial charge in [-0.3, -0.25) is 9.59 Å². The number of amides is 2. The Labute approximate surface area is 183 Å². The summed E-state index contributed by atoms with van der Waals surface area (Å²) in [5.74, 6) is 0.676. The number of benzene rings is 2. The summed E-state index contributed by atoms with van der Waals surface area (Å²) in [7, 11) is 0. The summed E-state index contributed by atoms with van der Waals surface area (Å²) in [5, 5.41) is 3.06. The monoisotopic (exact) mass is 426 g/mol. The standard InChI is InChI=1S/C24H31N3O2S/c1-17-8-9-21(14-20(17)4)30-16-23(29)27-12-10-26(11-13-27)15-22(28)25-24-18(2)6-5-7-19(24)3/h5-9,14H,10-13,15-16H2,1-4H3,(H,25,28)/p+1. The van der Waals surface area contributed by atoms with Crippen LogP contribution in [0.15, 0.2) is 41.3 Å². The Balaban J connectivity index is 1.43. The number of nitrogens with one attached hydrogen (secondary N) is 2. The molecule has 2 aromatic carbocycles. The zero-order valence-electron chi connectivity index (χ0n) is 18.4. The Hall–Kier alpha value is -2.31. The molecule has 1 heterocycles. The predicted octanol–water partition coefficient (Wildman–Crippen LogP) is 2.38. The number of aryl methyl sites for hydroxylation is 4. The van der Waals surface area contributed by atoms with Crippen molar-refractivity contribution in [2.45, 2.75) is 32.6 Å². The van der Waals surface area contributed by atoms with E-state index in [9.17, 15) is 9.59 Å². The van der Waals surface area contributed by atoms with Gasteiger partial charge in [0.25, 0.3) is 5.91 Å². The van der Waals surface area contributed by atoms with Crippen LogP contribution < -0.4 is 10.2 Å². The molecule has 160 valence electrons. The third kappa shape index (κ3) is 5.86. The van der Waals surface area contributed by atoms with Gasteiger partial charge in [-0.1, -0.05) is 24.3 Å². The van der Waals surface area contributed by atoms with Crippen LogP contribution in [-0.2, 0) is 9.59 Å². The topological polar surface area (TPSA) is 53.9 Å². The molecule has 0 spiro atoms. The highest BCUT2D eigenvalue weighted by Gasteiger charge is 2.25. The summed E-state index contributed by atoms with van der Waals surface area (Å²) in [5.41, 5.74) is 5.60. The molecule has 2 amide bonds. The molecule has 3 rings (SSSR count). The summed E-state index contributed by atoms with van der Waals surface area (Å²) < 4.78 is 0. The second-order valence-corrected chi connectivity index (χ2v) is 9.21. The lowest BCUT2D eigenvalue weighted by Crippen LogP contribution is -3.15. The number of hydrogen-bond donors (Lipinski definition) is 2. The minimum Gasteiger partial charge on any atom is -0.331 e. The number of nitrogens with zero attached hydrogens (tertiary/aromatic N) is 1. The maximum absolute atomic E-state index is 12.6. The first-order valence-electron chi connectivity index (χ1n) is 10.5. The van der Waals surface area contributed by atoms with Crippen molar-refractivity contribution in [1.82, 2.24) is 4.90 Å². The smallest absolute Gasteiger partial charge is 0.279 e. The zero-order valence-corrected chi connectivity index (χ0v) is 19.2. The summed E-state index contributed by atoms with van der Waals surface area (Å²) in [6.07, 6.45) is 0. The molecule has 1 saturated heterocycles. The minimum atomic E-state index is 0.0347. The van der Waals surface area contributed by atoms with Crippen LogP contribution in [0.5, 0.6) is 0 Å². The van der Waals surface area contributed by atoms with Gasteiger partial charge >= 0.3 is 0 Å². The van der Waals surface area contributed by atoms with Crippen LogP contribution in [0.4, 0.5) is 5.69 Å². The SMILES string of the molecule is Cc1ccc(SCC(=O)N2CC[NH+](CC(=O)Nc3c(C)cccc3C)CC2)cc1C. The lowest BCUT2D eigenvalue weighted by Gasteiger charge is -2.32. The lowest BCUT2D eigenvalue weighted by molar-refractivity contribution is -0.895. The van der Waals surface area contributed by atoms with Crippen molar-refractivity contribution in [3.05, 3.63) is 58.7 Å². The second kappa shape index (κ2) is 10.1. The molecular formula is C24H32N3O2S+. The highest BCUT2D eigenvalue weighted by Crippen LogP contribution is 2.21. The van der Waals surface area contributed by atoms with Gasteiger partial charge in [0, 0.05) is 10.6 Å². The third-order valence-corrected chi connectivity index (χ3v) is 6.80. The molecule has 0 atom stereocenters. The number of carbonyl (C=O) groups excluding carboxylic acids is 2. The molecule has 1 aliphatic heterocycles. The van der Waals surface area contributed by atoms with Crippen molar-refractivity contribution in [3.8, 4) is 0 Å². The number of quaternary nitrogens is 1. The fourth-order valence-electron chi connectivity index (χ4n) is 3.71. The molecular weight excluding hydrogens is 394 g/mol. The molecule has 2 N–H and O–H groups in total. The summed E-state index contributed by atoms with van der Waals surface area (Å²) in [6, 6.07) is 12.3. The molecule has 1 aliphatic rings. The highest BCUT2D eigenvalue weighted by molar-refractivity contribution is 8.00. The largest absolute Gasteiger partial charge is 0.331 e. The zero-order chi connectivity index (χ0) is 21.7. The molecule has 5 nitrogen and oxygen atoms in total. The van der Waals surface area contributed by atoms with Crippen LogP contribution in [-0.4, -0.2) is 55.2 Å². The van der Waals surface area contributed by atoms with Crippen molar-refractivity contribution < 1.29 is 14.5 Å². The summed E-state index contributed by atoms with van der Waals surface area (Å²) in [6.45, 7) is 11.7. The molecule has 0 bridgehead atoms. The van der Waals surface area contributed by atoms with E-state index in [1.807, 2.05) is 36.9 Å². The molecule has 0 saturated carbocycles. The van der Waals surface area contributed by atoms with Gasteiger partial charge in [-0.15, -0.1) is 11.8 Å². The van der Waals surface area contributed by atoms with Crippen LogP contribution in [0.3, 0.4) is 0 Å². The number of piperazine rings is 1. The number of carbonyl (C=O) groups is 2. The van der Waals surface area contributed by atoms with E-state index >= 15 is 0 Å². The Morgan fingerprint density at radius 2 is 1.63 bits per heavy atom. The van der Waals surface area contributed by atoms with Crippen molar-refractivity contribution in [2.75, 3.05) is 43.8 Å². The van der Waals surface area contributed by atoms with E-state index in [1.165, 1.54) is 16.0 Å². The van der Waals surface area contributed by atoms with E-state index in [2.05, 4.69) is 37.4 Å². The first-order chi connectivity index (χ1) is 14.3. The molecule has 30 heavy (non-hydrogen) atoms. The maximum Gasteiger partial charge on any atom is 0.279 e. The molecule has 0 aromatic heterocycles. The Bertz CT molecular complexity index is 900. The van der Waals surface area contributed by atoms with E-state index in [4.69, 9.17) is 0 Å². The fourth-order valence-corrected chi connectivity index (χ4v) is 4.61. The van der Waals surface area contributed by atoms with Gasteiger partial charge in [-0.05, 0) is 62.1 Å². The first kappa shape index (κ1) is 22.4. The van der Waals surface area contributed by atoms with Crippen molar-refractivity contribution >= 4 is 29.3 Å². The average Bonchev–Trinajstić information content (AvgIpc) is 2.72. The maximum atomic E-state index is 12.6. The number of thioether (sulfide) groups is 1. The average molecular weight is 427 g/mol. The minimum absolute atomic E-state index is 0.0347. The van der Waals surface area contributed by atoms with E-state index in [0.717, 1.165) is 34.8 Å². The lowest BCUT2D eigenvalue weighted by atomic mass is 10.1. The van der Waals surface area contributed by atoms with Crippen molar-refractivity contribution in [2.24, 2.45) is 0 Å². The quantitative estimate of drug-likeness (QED) is 0.698. The Morgan fingerprint density at radius 3 is 2.27 bits per heavy atom.